The molecule has 4 nitrogen and oxygen atoms in total. The molecule has 0 radical (unpaired) electrons. The lowest BCUT2D eigenvalue weighted by atomic mass is 10.3. The van der Waals surface area contributed by atoms with E-state index in [0.29, 0.717) is 6.04 Å². The molecular formula is C12H20N2O2S. The fraction of sp³-hybridized carbons (Fsp3) is 0.667. The maximum Gasteiger partial charge on any atom is 0.304 e. The van der Waals surface area contributed by atoms with Gasteiger partial charge < -0.3 is 5.11 Å². The molecule has 2 atom stereocenters. The number of rotatable bonds is 7. The standard InChI is InChI=1S/C12H20N2O2S/c1-4-9(2)14-6-5-11(13-14)8-17-10(3)7-12(15)16/h5-6,9-10H,4,7-8H2,1-3H3,(H,15,16). The van der Waals surface area contributed by atoms with E-state index in [1.807, 2.05) is 23.9 Å². The molecule has 96 valence electrons. The van der Waals surface area contributed by atoms with Gasteiger partial charge in [0.1, 0.15) is 0 Å². The minimum absolute atomic E-state index is 0.126. The van der Waals surface area contributed by atoms with E-state index < -0.39 is 5.97 Å². The number of hydrogen-bond acceptors (Lipinski definition) is 3. The van der Waals surface area contributed by atoms with Gasteiger partial charge in [-0.15, -0.1) is 0 Å². The van der Waals surface area contributed by atoms with Gasteiger partial charge in [-0.1, -0.05) is 13.8 Å². The molecule has 0 saturated heterocycles. The summed E-state index contributed by atoms with van der Waals surface area (Å²) in [5, 5.41) is 13.3. The lowest BCUT2D eigenvalue weighted by Crippen LogP contribution is -2.07. The first-order valence-corrected chi connectivity index (χ1v) is 6.95. The van der Waals surface area contributed by atoms with Crippen LogP contribution in [0, 0.1) is 0 Å². The average Bonchev–Trinajstić information content (AvgIpc) is 2.73. The number of hydrogen-bond donors (Lipinski definition) is 1. The third kappa shape index (κ3) is 4.81. The molecule has 0 spiro atoms. The molecule has 0 aliphatic carbocycles. The van der Waals surface area contributed by atoms with Gasteiger partial charge in [0.2, 0.25) is 0 Å². The largest absolute Gasteiger partial charge is 0.481 e. The van der Waals surface area contributed by atoms with Crippen molar-refractivity contribution in [2.45, 2.75) is 50.7 Å². The smallest absolute Gasteiger partial charge is 0.304 e. The molecule has 0 bridgehead atoms. The van der Waals surface area contributed by atoms with E-state index >= 15 is 0 Å². The van der Waals surface area contributed by atoms with Crippen LogP contribution in [0.3, 0.4) is 0 Å². The molecule has 0 fully saturated rings. The molecule has 1 N–H and O–H groups in total. The number of carboxylic acid groups (broad SMARTS) is 1. The van der Waals surface area contributed by atoms with Crippen molar-refractivity contribution in [3.05, 3.63) is 18.0 Å². The van der Waals surface area contributed by atoms with E-state index in [-0.39, 0.29) is 11.7 Å². The van der Waals surface area contributed by atoms with E-state index in [2.05, 4.69) is 18.9 Å². The predicted molar refractivity (Wildman–Crippen MR) is 70.2 cm³/mol. The molecule has 0 aliphatic rings. The first-order chi connectivity index (χ1) is 8.02. The quantitative estimate of drug-likeness (QED) is 0.815. The van der Waals surface area contributed by atoms with Crippen molar-refractivity contribution in [3.63, 3.8) is 0 Å². The second-order valence-corrected chi connectivity index (χ2v) is 5.69. The maximum absolute atomic E-state index is 10.5. The summed E-state index contributed by atoms with van der Waals surface area (Å²) in [7, 11) is 0. The molecule has 1 aromatic rings. The molecule has 0 aliphatic heterocycles. The van der Waals surface area contributed by atoms with Gasteiger partial charge in [-0.3, -0.25) is 9.48 Å². The van der Waals surface area contributed by atoms with Gasteiger partial charge in [-0.2, -0.15) is 16.9 Å². The van der Waals surface area contributed by atoms with Gasteiger partial charge in [-0.05, 0) is 19.4 Å². The normalized spacial score (nSPS) is 14.5. The zero-order chi connectivity index (χ0) is 12.8. The Balaban J connectivity index is 2.42. The molecular weight excluding hydrogens is 236 g/mol. The summed E-state index contributed by atoms with van der Waals surface area (Å²) in [6.07, 6.45) is 3.26. The lowest BCUT2D eigenvalue weighted by molar-refractivity contribution is -0.136. The zero-order valence-electron chi connectivity index (χ0n) is 10.6. The third-order valence-electron chi connectivity index (χ3n) is 2.68. The molecule has 1 rings (SSSR count). The van der Waals surface area contributed by atoms with Gasteiger partial charge >= 0.3 is 5.97 Å². The summed E-state index contributed by atoms with van der Waals surface area (Å²) in [4.78, 5) is 10.5. The zero-order valence-corrected chi connectivity index (χ0v) is 11.4. The van der Waals surface area contributed by atoms with Crippen LogP contribution in [-0.2, 0) is 10.5 Å². The van der Waals surface area contributed by atoms with E-state index in [9.17, 15) is 4.79 Å². The molecule has 2 unspecified atom stereocenters. The van der Waals surface area contributed by atoms with E-state index in [1.165, 1.54) is 0 Å². The number of nitrogens with zero attached hydrogens (tertiary/aromatic N) is 2. The van der Waals surface area contributed by atoms with Crippen LogP contribution < -0.4 is 0 Å². The number of carboxylic acids is 1. The fourth-order valence-electron chi connectivity index (χ4n) is 1.42. The van der Waals surface area contributed by atoms with Gasteiger partial charge in [0.05, 0.1) is 12.1 Å². The summed E-state index contributed by atoms with van der Waals surface area (Å²) in [5.74, 6) is 0.0351. The van der Waals surface area contributed by atoms with Gasteiger partial charge in [0, 0.05) is 23.2 Å². The van der Waals surface area contributed by atoms with Crippen molar-refractivity contribution >= 4 is 17.7 Å². The van der Waals surface area contributed by atoms with Crippen molar-refractivity contribution < 1.29 is 9.90 Å². The van der Waals surface area contributed by atoms with Gasteiger partial charge in [0.25, 0.3) is 0 Å². The molecule has 17 heavy (non-hydrogen) atoms. The predicted octanol–water partition coefficient (Wildman–Crippen LogP) is 2.95. The number of aliphatic carboxylic acids is 1. The molecule has 0 amide bonds. The summed E-state index contributed by atoms with van der Waals surface area (Å²) < 4.78 is 1.97. The van der Waals surface area contributed by atoms with E-state index in [0.717, 1.165) is 17.9 Å². The highest BCUT2D eigenvalue weighted by Crippen LogP contribution is 2.19. The second-order valence-electron chi connectivity index (χ2n) is 4.26. The minimum Gasteiger partial charge on any atom is -0.481 e. The highest BCUT2D eigenvalue weighted by molar-refractivity contribution is 7.99. The highest BCUT2D eigenvalue weighted by atomic mass is 32.2. The Labute approximate surface area is 106 Å². The Morgan fingerprint density at radius 1 is 1.59 bits per heavy atom. The Morgan fingerprint density at radius 2 is 2.29 bits per heavy atom. The summed E-state index contributed by atoms with van der Waals surface area (Å²) >= 11 is 1.63. The Hall–Kier alpha value is -0.970. The van der Waals surface area contributed by atoms with Crippen LogP contribution >= 0.6 is 11.8 Å². The van der Waals surface area contributed by atoms with Crippen LogP contribution in [0.5, 0.6) is 0 Å². The SMILES string of the molecule is CCC(C)n1ccc(CSC(C)CC(=O)O)n1. The Morgan fingerprint density at radius 3 is 2.88 bits per heavy atom. The summed E-state index contributed by atoms with van der Waals surface area (Å²) in [5.41, 5.74) is 1.02. The van der Waals surface area contributed by atoms with Crippen LogP contribution in [0.25, 0.3) is 0 Å². The number of aromatic nitrogens is 2. The first kappa shape index (κ1) is 14.1. The van der Waals surface area contributed by atoms with Crippen LogP contribution in [0.4, 0.5) is 0 Å². The van der Waals surface area contributed by atoms with Crippen molar-refractivity contribution in [2.24, 2.45) is 0 Å². The molecule has 0 saturated carbocycles. The van der Waals surface area contributed by atoms with Crippen molar-refractivity contribution in [1.29, 1.82) is 0 Å². The molecule has 0 aromatic carbocycles. The summed E-state index contributed by atoms with van der Waals surface area (Å²) in [6, 6.07) is 2.43. The van der Waals surface area contributed by atoms with Gasteiger partial charge in [-0.25, -0.2) is 0 Å². The second kappa shape index (κ2) is 6.69. The van der Waals surface area contributed by atoms with Crippen molar-refractivity contribution in [2.75, 3.05) is 0 Å². The molecule has 1 heterocycles. The average molecular weight is 256 g/mol. The van der Waals surface area contributed by atoms with E-state index in [4.69, 9.17) is 5.11 Å². The third-order valence-corrected chi connectivity index (χ3v) is 3.88. The van der Waals surface area contributed by atoms with Crippen LogP contribution in [0.15, 0.2) is 12.3 Å². The number of thioether (sulfide) groups is 1. The Bertz CT molecular complexity index is 365. The van der Waals surface area contributed by atoms with Crippen LogP contribution in [0.1, 0.15) is 45.3 Å². The first-order valence-electron chi connectivity index (χ1n) is 5.90. The fourth-order valence-corrected chi connectivity index (χ4v) is 2.29. The minimum atomic E-state index is -0.741. The monoisotopic (exact) mass is 256 g/mol. The topological polar surface area (TPSA) is 55.1 Å². The van der Waals surface area contributed by atoms with Crippen molar-refractivity contribution in [1.82, 2.24) is 9.78 Å². The van der Waals surface area contributed by atoms with Gasteiger partial charge in [0.15, 0.2) is 0 Å². The van der Waals surface area contributed by atoms with Crippen molar-refractivity contribution in [3.8, 4) is 0 Å². The van der Waals surface area contributed by atoms with Crippen LogP contribution in [0.2, 0.25) is 0 Å². The lowest BCUT2D eigenvalue weighted by Gasteiger charge is -2.09. The highest BCUT2D eigenvalue weighted by Gasteiger charge is 2.10. The maximum atomic E-state index is 10.5. The Kier molecular flexibility index (Phi) is 5.55. The molecule has 1 aromatic heterocycles. The van der Waals surface area contributed by atoms with E-state index in [1.54, 1.807) is 11.8 Å². The molecule has 5 heteroatoms. The summed E-state index contributed by atoms with van der Waals surface area (Å²) in [6.45, 7) is 6.21. The number of carbonyl (C=O) groups is 1. The van der Waals surface area contributed by atoms with Crippen LogP contribution in [-0.4, -0.2) is 26.1 Å².